The molecule has 0 aliphatic carbocycles. The fraction of sp³-hybridized carbons (Fsp3) is 0. The van der Waals surface area contributed by atoms with Crippen LogP contribution in [0.15, 0.2) is 158 Å². The molecule has 6 aromatic carbocycles. The minimum atomic E-state index is -0.934. The van der Waals surface area contributed by atoms with Gasteiger partial charge in [-0.2, -0.15) is 0 Å². The molecule has 0 fully saturated rings. The Bertz CT molecular complexity index is 2200. The van der Waals surface area contributed by atoms with Crippen molar-refractivity contribution in [3.05, 3.63) is 158 Å². The van der Waals surface area contributed by atoms with E-state index in [1.54, 1.807) is 0 Å². The summed E-state index contributed by atoms with van der Waals surface area (Å²) < 4.78 is 13.7. The average molecular weight is 596 g/mol. The van der Waals surface area contributed by atoms with Gasteiger partial charge in [0.15, 0.2) is 0 Å². The molecule has 45 heavy (non-hydrogen) atoms. The number of nitrogens with zero attached hydrogens (tertiary/aromatic N) is 1. The van der Waals surface area contributed by atoms with E-state index in [0.29, 0.717) is 0 Å². The van der Waals surface area contributed by atoms with E-state index >= 15 is 0 Å². The van der Waals surface area contributed by atoms with Gasteiger partial charge in [0.1, 0.15) is 23.0 Å². The molecule has 2 aliphatic heterocycles. The molecule has 7 aromatic rings. The summed E-state index contributed by atoms with van der Waals surface area (Å²) in [5, 5.41) is 3.54. The summed E-state index contributed by atoms with van der Waals surface area (Å²) in [5.74, 6) is 3.53. The van der Waals surface area contributed by atoms with Gasteiger partial charge in [-0.15, -0.1) is 0 Å². The fourth-order valence-electron chi connectivity index (χ4n) is 6.34. The molecule has 0 radical (unpaired) electrons. The van der Waals surface area contributed by atoms with Crippen molar-refractivity contribution in [3.8, 4) is 67.6 Å². The highest BCUT2D eigenvalue weighted by molar-refractivity contribution is 7.80. The van der Waals surface area contributed by atoms with Crippen LogP contribution < -0.4 is 25.4 Å². The Hall–Kier alpha value is -5.50. The highest BCUT2D eigenvalue weighted by Gasteiger charge is 2.38. The zero-order chi connectivity index (χ0) is 29.7. The molecule has 9 rings (SSSR count). The molecular weight excluding hydrogens is 569 g/mol. The number of fused-ring (bicyclic) bond motifs is 4. The largest absolute Gasteiger partial charge is 0.456 e. The lowest BCUT2D eigenvalue weighted by molar-refractivity contribution is 0.468. The van der Waals surface area contributed by atoms with Crippen LogP contribution in [0.4, 0.5) is 0 Å². The first-order valence-corrected chi connectivity index (χ1v) is 16.4. The first-order valence-electron chi connectivity index (χ1n) is 15.0. The second-order valence-electron chi connectivity index (χ2n) is 11.2. The van der Waals surface area contributed by atoms with Gasteiger partial charge < -0.3 is 9.47 Å². The van der Waals surface area contributed by atoms with E-state index in [1.807, 2.05) is 36.5 Å². The molecule has 3 nitrogen and oxygen atoms in total. The molecule has 212 valence electrons. The van der Waals surface area contributed by atoms with Crippen LogP contribution in [-0.2, 0) is 0 Å². The quantitative estimate of drug-likeness (QED) is 0.190. The first kappa shape index (κ1) is 25.9. The number of hydrogen-bond acceptors (Lipinski definition) is 3. The van der Waals surface area contributed by atoms with Crippen molar-refractivity contribution in [1.29, 1.82) is 0 Å². The maximum Gasteiger partial charge on any atom is 0.147 e. The molecule has 0 spiro atoms. The number of aromatic nitrogens is 1. The topological polar surface area (TPSA) is 31.4 Å². The maximum atomic E-state index is 6.95. The summed E-state index contributed by atoms with van der Waals surface area (Å²) in [6.07, 6.45) is 1.83. The zero-order valence-corrected chi connectivity index (χ0v) is 25.1. The Kier molecular flexibility index (Phi) is 6.11. The van der Waals surface area contributed by atoms with Crippen LogP contribution in [0.2, 0.25) is 0 Å². The van der Waals surface area contributed by atoms with Gasteiger partial charge in [-0.25, -0.2) is 0 Å². The number of hydrogen-bond donors (Lipinski definition) is 0. The van der Waals surface area contributed by atoms with Crippen molar-refractivity contribution < 1.29 is 9.47 Å². The van der Waals surface area contributed by atoms with E-state index < -0.39 is 7.92 Å². The Morgan fingerprint density at radius 3 is 1.71 bits per heavy atom. The minimum Gasteiger partial charge on any atom is -0.456 e. The lowest BCUT2D eigenvalue weighted by Crippen LogP contribution is -2.32. The van der Waals surface area contributed by atoms with Crippen molar-refractivity contribution >= 4 is 23.8 Å². The third kappa shape index (κ3) is 4.44. The third-order valence-electron chi connectivity index (χ3n) is 8.50. The molecule has 1 unspecified atom stereocenters. The van der Waals surface area contributed by atoms with E-state index in [1.165, 1.54) is 21.7 Å². The summed E-state index contributed by atoms with van der Waals surface area (Å²) in [7, 11) is -0.934. The molecule has 2 aliphatic rings. The highest BCUT2D eigenvalue weighted by atomic mass is 31.1. The lowest BCUT2D eigenvalue weighted by Gasteiger charge is -2.36. The Morgan fingerprint density at radius 1 is 0.422 bits per heavy atom. The Balaban J connectivity index is 1.24. The van der Waals surface area contributed by atoms with Crippen LogP contribution in [0, 0.1) is 0 Å². The molecule has 3 heterocycles. The molecule has 0 saturated heterocycles. The molecule has 0 N–H and O–H groups in total. The second-order valence-corrected chi connectivity index (χ2v) is 13.3. The third-order valence-corrected chi connectivity index (χ3v) is 11.1. The second kappa shape index (κ2) is 10.6. The van der Waals surface area contributed by atoms with Crippen molar-refractivity contribution in [2.75, 3.05) is 0 Å². The van der Waals surface area contributed by atoms with Gasteiger partial charge in [-0.1, -0.05) is 97.1 Å². The van der Waals surface area contributed by atoms with Crippen molar-refractivity contribution in [2.24, 2.45) is 0 Å². The Labute approximate surface area is 263 Å². The number of benzene rings is 6. The van der Waals surface area contributed by atoms with Crippen LogP contribution in [0.5, 0.6) is 23.0 Å². The van der Waals surface area contributed by atoms with Gasteiger partial charge in [0.2, 0.25) is 0 Å². The van der Waals surface area contributed by atoms with E-state index in [0.717, 1.165) is 61.8 Å². The van der Waals surface area contributed by atoms with Gasteiger partial charge in [0.25, 0.3) is 0 Å². The van der Waals surface area contributed by atoms with Crippen molar-refractivity contribution in [3.63, 3.8) is 0 Å². The number of rotatable bonds is 4. The zero-order valence-electron chi connectivity index (χ0n) is 24.2. The average Bonchev–Trinajstić information content (AvgIpc) is 3.12. The van der Waals surface area contributed by atoms with Crippen LogP contribution in [-0.4, -0.2) is 4.98 Å². The van der Waals surface area contributed by atoms with Gasteiger partial charge in [0, 0.05) is 35.9 Å². The summed E-state index contributed by atoms with van der Waals surface area (Å²) in [5.41, 5.74) is 8.75. The minimum absolute atomic E-state index is 0.858. The molecule has 4 heteroatoms. The summed E-state index contributed by atoms with van der Waals surface area (Å²) in [4.78, 5) is 4.59. The molecule has 1 atom stereocenters. The number of pyridine rings is 1. The molecule has 0 bridgehead atoms. The standard InChI is InChI=1S/C41H26NO2P/c1-3-10-27(11-4-1)29-17-21-38-36(25-29)43-35-20-19-33(31-14-9-15-32(24-31)34-16-7-8-23-42-34)40-41(35)45(38)39-22-18-30(26-37(39)44-40)28-12-5-2-6-13-28/h1-26H. The van der Waals surface area contributed by atoms with Crippen LogP contribution >= 0.6 is 7.92 Å². The van der Waals surface area contributed by atoms with E-state index in [2.05, 4.69) is 126 Å². The summed E-state index contributed by atoms with van der Waals surface area (Å²) in [6, 6.07) is 53.1. The van der Waals surface area contributed by atoms with E-state index in [4.69, 9.17) is 9.47 Å². The molecule has 0 saturated carbocycles. The predicted molar refractivity (Wildman–Crippen MR) is 185 cm³/mol. The van der Waals surface area contributed by atoms with Crippen LogP contribution in [0.25, 0.3) is 44.6 Å². The van der Waals surface area contributed by atoms with Crippen molar-refractivity contribution in [2.45, 2.75) is 0 Å². The SMILES string of the molecule is c1ccc(-c2ccc3c(c2)Oc2ccc(-c4cccc(-c5ccccn5)c4)c4c2P3c2ccc(-c3ccccc3)cc2O4)cc1. The fourth-order valence-corrected chi connectivity index (χ4v) is 8.90. The molecule has 1 aromatic heterocycles. The van der Waals surface area contributed by atoms with Gasteiger partial charge in [-0.3, -0.25) is 4.98 Å². The lowest BCUT2D eigenvalue weighted by atomic mass is 10.00. The van der Waals surface area contributed by atoms with Crippen LogP contribution in [0.3, 0.4) is 0 Å². The smallest absolute Gasteiger partial charge is 0.147 e. The van der Waals surface area contributed by atoms with Gasteiger partial charge in [-0.05, 0) is 82.4 Å². The van der Waals surface area contributed by atoms with E-state index in [-0.39, 0.29) is 0 Å². The summed E-state index contributed by atoms with van der Waals surface area (Å²) in [6.45, 7) is 0. The maximum absolute atomic E-state index is 6.95. The first-order chi connectivity index (χ1) is 22.3. The molecular formula is C41H26NO2P. The highest BCUT2D eigenvalue weighted by Crippen LogP contribution is 2.55. The van der Waals surface area contributed by atoms with Crippen molar-refractivity contribution in [1.82, 2.24) is 4.98 Å². The van der Waals surface area contributed by atoms with Gasteiger partial charge >= 0.3 is 0 Å². The Morgan fingerprint density at radius 2 is 1.04 bits per heavy atom. The van der Waals surface area contributed by atoms with Gasteiger partial charge in [0.05, 0.1) is 11.0 Å². The monoisotopic (exact) mass is 595 g/mol. The summed E-state index contributed by atoms with van der Waals surface area (Å²) >= 11 is 0. The normalized spacial score (nSPS) is 13.9. The van der Waals surface area contributed by atoms with E-state index in [9.17, 15) is 0 Å². The number of ether oxygens (including phenoxy) is 2. The molecule has 0 amide bonds. The van der Waals surface area contributed by atoms with Crippen LogP contribution in [0.1, 0.15) is 0 Å². The predicted octanol–water partition coefficient (Wildman–Crippen LogP) is 9.72.